The van der Waals surface area contributed by atoms with Crippen LogP contribution in [-0.2, 0) is 31.1 Å². The Labute approximate surface area is 256 Å². The average Bonchev–Trinajstić information content (AvgIpc) is 2.98. The number of halogens is 1. The first-order valence-corrected chi connectivity index (χ1v) is 17.0. The number of fused-ring (bicyclic) bond motifs is 1. The van der Waals surface area contributed by atoms with E-state index in [0.717, 1.165) is 16.3 Å². The van der Waals surface area contributed by atoms with Gasteiger partial charge in [-0.15, -0.1) is 0 Å². The summed E-state index contributed by atoms with van der Waals surface area (Å²) in [6.45, 7) is 0.00902. The van der Waals surface area contributed by atoms with Crippen molar-refractivity contribution in [2.24, 2.45) is 0 Å². The number of hydrogen-bond donors (Lipinski definition) is 1. The zero-order valence-corrected chi connectivity index (χ0v) is 26.2. The maximum atomic E-state index is 13.8. The first-order chi connectivity index (χ1) is 20.4. The highest BCUT2D eigenvalue weighted by Gasteiger charge is 2.24. The van der Waals surface area contributed by atoms with Gasteiger partial charge in [0.25, 0.3) is 15.6 Å². The molecule has 0 saturated heterocycles. The van der Waals surface area contributed by atoms with E-state index in [1.165, 1.54) is 48.1 Å². The summed E-state index contributed by atoms with van der Waals surface area (Å²) < 4.78 is 58.9. The second-order valence-corrected chi connectivity index (χ2v) is 14.3. The molecule has 0 unspecified atom stereocenters. The van der Waals surface area contributed by atoms with Gasteiger partial charge in [0.15, 0.2) is 9.84 Å². The van der Waals surface area contributed by atoms with Crippen molar-refractivity contribution in [3.8, 4) is 11.1 Å². The maximum absolute atomic E-state index is 13.8. The lowest BCUT2D eigenvalue weighted by atomic mass is 9.96. The van der Waals surface area contributed by atoms with Crippen LogP contribution < -0.4 is 10.3 Å². The van der Waals surface area contributed by atoms with Crippen LogP contribution in [0.25, 0.3) is 21.9 Å². The van der Waals surface area contributed by atoms with Crippen molar-refractivity contribution in [3.05, 3.63) is 123 Å². The van der Waals surface area contributed by atoms with E-state index in [-0.39, 0.29) is 33.3 Å². The molecule has 5 aromatic rings. The van der Waals surface area contributed by atoms with Crippen LogP contribution in [0.3, 0.4) is 0 Å². The first kappa shape index (κ1) is 30.2. The van der Waals surface area contributed by atoms with Gasteiger partial charge in [-0.1, -0.05) is 58.4 Å². The Hall–Kier alpha value is -4.26. The van der Waals surface area contributed by atoms with E-state index < -0.39 is 25.8 Å². The van der Waals surface area contributed by atoms with Crippen LogP contribution in [0.1, 0.15) is 16.1 Å². The van der Waals surface area contributed by atoms with Crippen molar-refractivity contribution in [2.45, 2.75) is 16.3 Å². The van der Waals surface area contributed by atoms with Crippen molar-refractivity contribution in [3.63, 3.8) is 0 Å². The molecular formula is C31H25BrN2O7S2. The normalized spacial score (nSPS) is 11.8. The first-order valence-electron chi connectivity index (χ1n) is 12.8. The van der Waals surface area contributed by atoms with Gasteiger partial charge in [0.1, 0.15) is 5.69 Å². The number of pyridine rings is 1. The van der Waals surface area contributed by atoms with E-state index in [1.807, 2.05) is 30.3 Å². The quantitative estimate of drug-likeness (QED) is 0.215. The predicted molar refractivity (Wildman–Crippen MR) is 169 cm³/mol. The number of anilines is 1. The number of rotatable bonds is 8. The highest BCUT2D eigenvalue weighted by atomic mass is 79.9. The van der Waals surface area contributed by atoms with Crippen LogP contribution in [0, 0.1) is 0 Å². The molecule has 0 bridgehead atoms. The monoisotopic (exact) mass is 680 g/mol. The number of hydrogen-bond acceptors (Lipinski definition) is 7. The summed E-state index contributed by atoms with van der Waals surface area (Å²) >= 11 is 3.47. The minimum atomic E-state index is -4.00. The van der Waals surface area contributed by atoms with Gasteiger partial charge in [-0.3, -0.25) is 14.1 Å². The molecule has 0 fully saturated rings. The Kier molecular flexibility index (Phi) is 8.28. The summed E-state index contributed by atoms with van der Waals surface area (Å²) in [4.78, 5) is 26.9. The second kappa shape index (κ2) is 11.8. The van der Waals surface area contributed by atoms with E-state index in [2.05, 4.69) is 20.7 Å². The zero-order valence-electron chi connectivity index (χ0n) is 22.9. The second-order valence-electron chi connectivity index (χ2n) is 9.71. The number of sulfone groups is 1. The molecule has 0 saturated carbocycles. The lowest BCUT2D eigenvalue weighted by Gasteiger charge is -2.19. The van der Waals surface area contributed by atoms with Gasteiger partial charge in [-0.2, -0.15) is 0 Å². The molecule has 0 atom stereocenters. The van der Waals surface area contributed by atoms with E-state index in [0.29, 0.717) is 21.9 Å². The van der Waals surface area contributed by atoms with Gasteiger partial charge in [0.05, 0.1) is 23.4 Å². The fraction of sp³-hybridized carbons (Fsp3) is 0.0968. The molecule has 0 spiro atoms. The van der Waals surface area contributed by atoms with Crippen LogP contribution in [-0.4, -0.2) is 40.7 Å². The number of methoxy groups -OCH3 is 1. The van der Waals surface area contributed by atoms with Gasteiger partial charge in [0.2, 0.25) is 0 Å². The molecule has 0 radical (unpaired) electrons. The molecule has 0 aliphatic rings. The SMILES string of the molecule is COC(=O)c1c(-c2ccccc2)c2cc(Br)ccc2c(=O)n1Cc1ccc(NS(=O)(=O)c2ccc(S(C)(=O)=O)cc2)cc1. The molecule has 220 valence electrons. The van der Waals surface area contributed by atoms with E-state index in [4.69, 9.17) is 4.74 Å². The summed E-state index contributed by atoms with van der Waals surface area (Å²) in [5, 5.41) is 1.01. The van der Waals surface area contributed by atoms with Crippen molar-refractivity contribution < 1.29 is 26.4 Å². The Balaban J connectivity index is 1.53. The number of benzene rings is 4. The van der Waals surface area contributed by atoms with Gasteiger partial charge in [-0.25, -0.2) is 21.6 Å². The van der Waals surface area contributed by atoms with Crippen LogP contribution in [0.5, 0.6) is 0 Å². The lowest BCUT2D eigenvalue weighted by molar-refractivity contribution is 0.0588. The predicted octanol–water partition coefficient (Wildman–Crippen LogP) is 5.47. The standard InChI is InChI=1S/C31H25BrN2O7S2/c1-41-31(36)29-28(21-6-4-3-5-7-21)27-18-22(32)10-17-26(27)30(35)34(29)19-20-8-11-23(12-9-20)33-43(39,40)25-15-13-24(14-16-25)42(2,37)38/h3-18,33H,19H2,1-2H3. The van der Waals surface area contributed by atoms with Gasteiger partial charge >= 0.3 is 5.97 Å². The van der Waals surface area contributed by atoms with Crippen molar-refractivity contribution in [2.75, 3.05) is 18.1 Å². The minimum Gasteiger partial charge on any atom is -0.464 e. The Morgan fingerprint density at radius 3 is 2.07 bits per heavy atom. The molecule has 9 nitrogen and oxygen atoms in total. The number of nitrogens with zero attached hydrogens (tertiary/aromatic N) is 1. The lowest BCUT2D eigenvalue weighted by Crippen LogP contribution is -2.28. The third-order valence-electron chi connectivity index (χ3n) is 6.78. The highest BCUT2D eigenvalue weighted by Crippen LogP contribution is 2.33. The Morgan fingerprint density at radius 2 is 1.47 bits per heavy atom. The summed E-state index contributed by atoms with van der Waals surface area (Å²) in [6, 6.07) is 25.8. The third kappa shape index (κ3) is 6.26. The molecule has 0 aliphatic heterocycles. The molecule has 1 heterocycles. The molecule has 1 aromatic heterocycles. The fourth-order valence-corrected chi connectivity index (χ4v) is 6.77. The van der Waals surface area contributed by atoms with Crippen molar-refractivity contribution >= 4 is 58.2 Å². The van der Waals surface area contributed by atoms with Crippen LogP contribution in [0.2, 0.25) is 0 Å². The zero-order chi connectivity index (χ0) is 30.9. The van der Waals surface area contributed by atoms with E-state index in [1.54, 1.807) is 30.3 Å². The molecule has 0 amide bonds. The van der Waals surface area contributed by atoms with Crippen molar-refractivity contribution in [1.29, 1.82) is 0 Å². The molecule has 43 heavy (non-hydrogen) atoms. The number of esters is 1. The van der Waals surface area contributed by atoms with Gasteiger partial charge in [-0.05, 0) is 71.1 Å². The smallest absolute Gasteiger partial charge is 0.355 e. The molecule has 12 heteroatoms. The summed E-state index contributed by atoms with van der Waals surface area (Å²) in [6.07, 6.45) is 1.04. The van der Waals surface area contributed by atoms with Crippen molar-refractivity contribution in [1.82, 2.24) is 4.57 Å². The van der Waals surface area contributed by atoms with Gasteiger partial charge in [0, 0.05) is 27.4 Å². The number of ether oxygens (including phenoxy) is 1. The molecule has 1 N–H and O–H groups in total. The molecule has 0 aliphatic carbocycles. The van der Waals surface area contributed by atoms with Crippen LogP contribution in [0.15, 0.2) is 116 Å². The topological polar surface area (TPSA) is 129 Å². The van der Waals surface area contributed by atoms with E-state index >= 15 is 0 Å². The third-order valence-corrected chi connectivity index (χ3v) is 9.80. The number of carbonyl (C=O) groups is 1. The summed E-state index contributed by atoms with van der Waals surface area (Å²) in [5.41, 5.74) is 1.87. The number of nitrogens with one attached hydrogen (secondary N) is 1. The van der Waals surface area contributed by atoms with E-state index in [9.17, 15) is 26.4 Å². The van der Waals surface area contributed by atoms with Gasteiger partial charge < -0.3 is 4.74 Å². The maximum Gasteiger partial charge on any atom is 0.355 e. The summed E-state index contributed by atoms with van der Waals surface area (Å²) in [7, 11) is -6.22. The minimum absolute atomic E-state index is 0.00844. The molecule has 5 rings (SSSR count). The molecular weight excluding hydrogens is 656 g/mol. The number of aromatic nitrogens is 1. The number of sulfonamides is 1. The average molecular weight is 682 g/mol. The highest BCUT2D eigenvalue weighted by molar-refractivity contribution is 9.10. The summed E-state index contributed by atoms with van der Waals surface area (Å²) in [5.74, 6) is -0.677. The largest absolute Gasteiger partial charge is 0.464 e. The Bertz CT molecular complexity index is 2130. The number of carbonyl (C=O) groups excluding carboxylic acids is 1. The Morgan fingerprint density at radius 1 is 0.837 bits per heavy atom. The fourth-order valence-electron chi connectivity index (χ4n) is 4.72. The van der Waals surface area contributed by atoms with Crippen LogP contribution >= 0.6 is 15.9 Å². The molecule has 4 aromatic carbocycles. The van der Waals surface area contributed by atoms with Crippen LogP contribution in [0.4, 0.5) is 5.69 Å².